The minimum absolute atomic E-state index is 0.129. The number of fused-ring (bicyclic) bond motifs is 1. The third-order valence-electron chi connectivity index (χ3n) is 2.42. The topological polar surface area (TPSA) is 72.1 Å². The quantitative estimate of drug-likeness (QED) is 0.802. The molecule has 2 aromatic heterocycles. The van der Waals surface area contributed by atoms with E-state index >= 15 is 0 Å². The summed E-state index contributed by atoms with van der Waals surface area (Å²) in [6.45, 7) is 0. The molecule has 0 spiro atoms. The Balaban J connectivity index is 2.81. The number of alkyl halides is 3. The van der Waals surface area contributed by atoms with Gasteiger partial charge in [0.1, 0.15) is 5.69 Å². The molecule has 1 N–H and O–H groups in total. The lowest BCUT2D eigenvalue weighted by Gasteiger charge is -2.09. The first kappa shape index (κ1) is 13.1. The third kappa shape index (κ3) is 2.28. The highest BCUT2D eigenvalue weighted by atomic mass is 19.4. The number of hydrogen-bond donors (Lipinski definition) is 1. The number of nitrogens with zero attached hydrogens (tertiary/aromatic N) is 1. The van der Waals surface area contributed by atoms with Gasteiger partial charge in [0.2, 0.25) is 0 Å². The number of nitrogens with one attached hydrogen (secondary N) is 1. The number of carbonyl (C=O) groups is 1. The molecule has 5 nitrogen and oxygen atoms in total. The van der Waals surface area contributed by atoms with Gasteiger partial charge in [0.25, 0.3) is 0 Å². The lowest BCUT2D eigenvalue weighted by molar-refractivity contribution is -0.139. The van der Waals surface area contributed by atoms with Gasteiger partial charge in [-0.15, -0.1) is 0 Å². The van der Waals surface area contributed by atoms with Crippen LogP contribution in [0.25, 0.3) is 10.9 Å². The van der Waals surface area contributed by atoms with Crippen LogP contribution in [0.4, 0.5) is 13.2 Å². The minimum atomic E-state index is -4.75. The highest BCUT2D eigenvalue weighted by Gasteiger charge is 2.35. The van der Waals surface area contributed by atoms with Gasteiger partial charge in [-0.3, -0.25) is 9.78 Å². The molecule has 2 rings (SSSR count). The molecule has 0 amide bonds. The van der Waals surface area contributed by atoms with E-state index in [0.29, 0.717) is 0 Å². The second-order valence-electron chi connectivity index (χ2n) is 3.62. The Morgan fingerprint density at radius 2 is 2.11 bits per heavy atom. The van der Waals surface area contributed by atoms with Crippen molar-refractivity contribution in [1.29, 1.82) is 0 Å². The first-order valence-corrected chi connectivity index (χ1v) is 5.02. The number of halogens is 3. The molecule has 2 aromatic rings. The Morgan fingerprint density at radius 1 is 1.42 bits per heavy atom. The van der Waals surface area contributed by atoms with Crippen molar-refractivity contribution in [2.45, 2.75) is 6.18 Å². The normalized spacial score (nSPS) is 11.6. The van der Waals surface area contributed by atoms with Crippen molar-refractivity contribution in [3.63, 3.8) is 0 Å². The van der Waals surface area contributed by atoms with Crippen LogP contribution in [0.1, 0.15) is 16.2 Å². The molecule has 0 atom stereocenters. The van der Waals surface area contributed by atoms with Gasteiger partial charge >= 0.3 is 12.1 Å². The zero-order chi connectivity index (χ0) is 14.2. The molecule has 0 aromatic carbocycles. The van der Waals surface area contributed by atoms with Gasteiger partial charge in [-0.25, -0.2) is 4.79 Å². The van der Waals surface area contributed by atoms with Crippen LogP contribution in [-0.4, -0.2) is 23.0 Å². The number of aromatic amines is 1. The van der Waals surface area contributed by atoms with Crippen LogP contribution >= 0.6 is 0 Å². The lowest BCUT2D eigenvalue weighted by atomic mass is 10.1. The van der Waals surface area contributed by atoms with Gasteiger partial charge in [0.05, 0.1) is 18.0 Å². The number of hydrogen-bond acceptors (Lipinski definition) is 4. The second-order valence-corrected chi connectivity index (χ2v) is 3.62. The van der Waals surface area contributed by atoms with Gasteiger partial charge in [-0.1, -0.05) is 0 Å². The fourth-order valence-corrected chi connectivity index (χ4v) is 1.63. The summed E-state index contributed by atoms with van der Waals surface area (Å²) < 4.78 is 42.5. The highest BCUT2D eigenvalue weighted by Crippen LogP contribution is 2.30. The Hall–Kier alpha value is -2.38. The maximum atomic E-state index is 12.7. The molecule has 0 unspecified atom stereocenters. The maximum absolute atomic E-state index is 12.7. The number of pyridine rings is 2. The molecule has 0 aliphatic carbocycles. The number of rotatable bonds is 1. The predicted octanol–water partition coefficient (Wildman–Crippen LogP) is 1.73. The van der Waals surface area contributed by atoms with Crippen LogP contribution in [0.15, 0.2) is 23.1 Å². The van der Waals surface area contributed by atoms with Crippen molar-refractivity contribution in [3.8, 4) is 0 Å². The van der Waals surface area contributed by atoms with E-state index in [2.05, 4.69) is 14.7 Å². The molecular formula is C11H7F3N2O3. The number of H-pyrrole nitrogens is 1. The summed E-state index contributed by atoms with van der Waals surface area (Å²) in [7, 11) is 1.10. The predicted molar refractivity (Wildman–Crippen MR) is 58.7 cm³/mol. The zero-order valence-corrected chi connectivity index (χ0v) is 9.54. The Kier molecular flexibility index (Phi) is 3.01. The minimum Gasteiger partial charge on any atom is -0.464 e. The fraction of sp³-hybridized carbons (Fsp3) is 0.182. The van der Waals surface area contributed by atoms with Crippen LogP contribution in [-0.2, 0) is 10.9 Å². The van der Waals surface area contributed by atoms with Gasteiger partial charge in [-0.05, 0) is 6.07 Å². The molecule has 0 aliphatic heterocycles. The SMILES string of the molecule is COC(=O)c1cc(=O)c2c(C(F)(F)F)nccc2[nH]1. The number of ether oxygens (including phenoxy) is 1. The lowest BCUT2D eigenvalue weighted by Crippen LogP contribution is -2.17. The van der Waals surface area contributed by atoms with Gasteiger partial charge in [0, 0.05) is 12.3 Å². The summed E-state index contributed by atoms with van der Waals surface area (Å²) in [6.07, 6.45) is -3.85. The van der Waals surface area contributed by atoms with Crippen molar-refractivity contribution < 1.29 is 22.7 Å². The first-order chi connectivity index (χ1) is 8.84. The summed E-state index contributed by atoms with van der Waals surface area (Å²) in [5.74, 6) is -0.843. The average Bonchev–Trinajstić information content (AvgIpc) is 2.35. The molecule has 0 saturated heterocycles. The standard InChI is InChI=1S/C11H7F3N2O3/c1-19-10(18)6-4-7(17)8-5(16-6)2-3-15-9(8)11(12,13)14/h2-4H,1H3,(H,16,17). The Bertz CT molecular complexity index is 706. The van der Waals surface area contributed by atoms with Crippen LogP contribution in [0.2, 0.25) is 0 Å². The number of methoxy groups -OCH3 is 1. The molecule has 19 heavy (non-hydrogen) atoms. The zero-order valence-electron chi connectivity index (χ0n) is 9.54. The van der Waals surface area contributed by atoms with E-state index in [1.807, 2.05) is 0 Å². The van der Waals surface area contributed by atoms with Crippen molar-refractivity contribution in [1.82, 2.24) is 9.97 Å². The number of esters is 1. The molecule has 8 heteroatoms. The van der Waals surface area contributed by atoms with E-state index in [1.165, 1.54) is 6.07 Å². The molecule has 2 heterocycles. The van der Waals surface area contributed by atoms with Gasteiger partial charge < -0.3 is 9.72 Å². The number of carbonyl (C=O) groups excluding carboxylic acids is 1. The molecule has 0 radical (unpaired) electrons. The summed E-state index contributed by atoms with van der Waals surface area (Å²) in [4.78, 5) is 28.6. The summed E-state index contributed by atoms with van der Waals surface area (Å²) >= 11 is 0. The smallest absolute Gasteiger partial charge is 0.434 e. The molecule has 0 bridgehead atoms. The van der Waals surface area contributed by atoms with Crippen LogP contribution in [0, 0.1) is 0 Å². The maximum Gasteiger partial charge on any atom is 0.434 e. The van der Waals surface area contributed by atoms with Crippen LogP contribution in [0.5, 0.6) is 0 Å². The van der Waals surface area contributed by atoms with E-state index in [9.17, 15) is 22.8 Å². The Morgan fingerprint density at radius 3 is 2.68 bits per heavy atom. The van der Waals surface area contributed by atoms with E-state index in [4.69, 9.17) is 0 Å². The van der Waals surface area contributed by atoms with E-state index < -0.39 is 28.7 Å². The molecule has 0 fully saturated rings. The van der Waals surface area contributed by atoms with E-state index in [1.54, 1.807) is 0 Å². The summed E-state index contributed by atoms with van der Waals surface area (Å²) in [6, 6.07) is 1.93. The summed E-state index contributed by atoms with van der Waals surface area (Å²) in [5.41, 5.74) is -2.59. The second kappa shape index (κ2) is 4.38. The monoisotopic (exact) mass is 272 g/mol. The largest absolute Gasteiger partial charge is 0.464 e. The van der Waals surface area contributed by atoms with Crippen molar-refractivity contribution in [2.24, 2.45) is 0 Å². The summed E-state index contributed by atoms with van der Waals surface area (Å²) in [5, 5.41) is -0.609. The Labute approximate surface area is 104 Å². The van der Waals surface area contributed by atoms with Crippen molar-refractivity contribution in [2.75, 3.05) is 7.11 Å². The van der Waals surface area contributed by atoms with Crippen LogP contribution < -0.4 is 5.43 Å². The van der Waals surface area contributed by atoms with Crippen molar-refractivity contribution >= 4 is 16.9 Å². The third-order valence-corrected chi connectivity index (χ3v) is 2.42. The van der Waals surface area contributed by atoms with Crippen LogP contribution in [0.3, 0.4) is 0 Å². The van der Waals surface area contributed by atoms with Gasteiger partial charge in [-0.2, -0.15) is 13.2 Å². The van der Waals surface area contributed by atoms with Gasteiger partial charge in [0.15, 0.2) is 11.1 Å². The van der Waals surface area contributed by atoms with Crippen molar-refractivity contribution in [3.05, 3.63) is 39.9 Å². The van der Waals surface area contributed by atoms with E-state index in [-0.39, 0.29) is 11.2 Å². The fourth-order valence-electron chi connectivity index (χ4n) is 1.63. The molecule has 0 saturated carbocycles. The molecular weight excluding hydrogens is 265 g/mol. The molecule has 100 valence electrons. The highest BCUT2D eigenvalue weighted by molar-refractivity contribution is 5.91. The number of aromatic nitrogens is 2. The molecule has 0 aliphatic rings. The first-order valence-electron chi connectivity index (χ1n) is 5.02. The average molecular weight is 272 g/mol. The van der Waals surface area contributed by atoms with E-state index in [0.717, 1.165) is 19.4 Å².